The third-order valence-electron chi connectivity index (χ3n) is 1.50. The van der Waals surface area contributed by atoms with Crippen LogP contribution in [-0.2, 0) is 14.3 Å². The molecule has 2 rings (SSSR count). The average molecular weight is 148 g/mol. The van der Waals surface area contributed by atoms with E-state index in [1.807, 2.05) is 0 Å². The molecule has 0 spiro atoms. The third kappa shape index (κ3) is 0.816. The molecule has 0 atom stereocenters. The fourth-order valence-electron chi connectivity index (χ4n) is 0.980. The molecule has 0 radical (unpaired) electrons. The van der Waals surface area contributed by atoms with Gasteiger partial charge in [0.2, 0.25) is 0 Å². The molecule has 11 heavy (non-hydrogen) atoms. The molecule has 0 saturated carbocycles. The van der Waals surface area contributed by atoms with Gasteiger partial charge in [0.1, 0.15) is 5.76 Å². The van der Waals surface area contributed by atoms with Gasteiger partial charge in [0.25, 0.3) is 5.78 Å². The predicted octanol–water partition coefficient (Wildman–Crippen LogP) is 0.492. The normalized spacial score (nSPS) is 20.7. The van der Waals surface area contributed by atoms with Crippen LogP contribution in [0.4, 0.5) is 0 Å². The molecule has 0 N–H and O–H groups in total. The molecule has 1 heterocycles. The Hall–Kier alpha value is -1.64. The first kappa shape index (κ1) is 6.09. The van der Waals surface area contributed by atoms with Gasteiger partial charge in [0.05, 0.1) is 0 Å². The summed E-state index contributed by atoms with van der Waals surface area (Å²) < 4.78 is 4.66. The second-order valence-corrected chi connectivity index (χ2v) is 2.24. The van der Waals surface area contributed by atoms with E-state index in [1.165, 1.54) is 6.08 Å². The number of ketones is 1. The molecule has 0 amide bonds. The van der Waals surface area contributed by atoms with Gasteiger partial charge in [-0.05, 0) is 6.08 Å². The number of esters is 1. The Balaban J connectivity index is 2.49. The zero-order valence-corrected chi connectivity index (χ0v) is 5.53. The van der Waals surface area contributed by atoms with Gasteiger partial charge in [0, 0.05) is 11.6 Å². The Morgan fingerprint density at radius 1 is 1.27 bits per heavy atom. The van der Waals surface area contributed by atoms with Crippen molar-refractivity contribution in [1.82, 2.24) is 0 Å². The molecule has 3 nitrogen and oxygen atoms in total. The molecule has 0 aromatic rings. The highest BCUT2D eigenvalue weighted by molar-refractivity contribution is 6.39. The molecule has 0 unspecified atom stereocenters. The Labute approximate surface area is 62.6 Å². The maximum absolute atomic E-state index is 10.7. The van der Waals surface area contributed by atoms with Crippen LogP contribution in [-0.4, -0.2) is 11.8 Å². The van der Waals surface area contributed by atoms with E-state index in [4.69, 9.17) is 0 Å². The largest absolute Gasteiger partial charge is 0.420 e. The number of fused-ring (bicyclic) bond motifs is 1. The first-order chi connectivity index (χ1) is 5.27. The number of hydrogen-bond donors (Lipinski definition) is 0. The molecule has 0 fully saturated rings. The van der Waals surface area contributed by atoms with Gasteiger partial charge >= 0.3 is 5.97 Å². The highest BCUT2D eigenvalue weighted by Crippen LogP contribution is 2.22. The summed E-state index contributed by atoms with van der Waals surface area (Å²) in [5, 5.41) is 0. The van der Waals surface area contributed by atoms with Crippen LogP contribution in [0.2, 0.25) is 0 Å². The highest BCUT2D eigenvalue weighted by Gasteiger charge is 2.24. The zero-order valence-electron chi connectivity index (χ0n) is 5.53. The molecule has 3 heteroatoms. The van der Waals surface area contributed by atoms with Gasteiger partial charge in [-0.1, -0.05) is 12.2 Å². The van der Waals surface area contributed by atoms with E-state index in [0.717, 1.165) is 0 Å². The lowest BCUT2D eigenvalue weighted by Crippen LogP contribution is -2.19. The van der Waals surface area contributed by atoms with E-state index in [2.05, 4.69) is 4.74 Å². The van der Waals surface area contributed by atoms with E-state index in [0.29, 0.717) is 11.3 Å². The van der Waals surface area contributed by atoms with Crippen molar-refractivity contribution in [3.05, 3.63) is 35.6 Å². The van der Waals surface area contributed by atoms with Crippen LogP contribution in [0.15, 0.2) is 35.6 Å². The van der Waals surface area contributed by atoms with Gasteiger partial charge in [-0.25, -0.2) is 4.79 Å². The van der Waals surface area contributed by atoms with Crippen LogP contribution < -0.4 is 0 Å². The topological polar surface area (TPSA) is 43.4 Å². The summed E-state index contributed by atoms with van der Waals surface area (Å²) in [5.41, 5.74) is 0.676. The fourth-order valence-corrected chi connectivity index (χ4v) is 0.980. The Morgan fingerprint density at radius 3 is 2.91 bits per heavy atom. The third-order valence-corrected chi connectivity index (χ3v) is 1.50. The number of allylic oxidation sites excluding steroid dienone is 3. The summed E-state index contributed by atoms with van der Waals surface area (Å²) in [6.07, 6.45) is 6.38. The van der Waals surface area contributed by atoms with Crippen LogP contribution in [0.25, 0.3) is 0 Å². The maximum Gasteiger partial charge on any atom is 0.384 e. The summed E-state index contributed by atoms with van der Waals surface area (Å²) in [5.74, 6) is -0.929. The fraction of sp³-hybridized carbons (Fsp3) is 0. The lowest BCUT2D eigenvalue weighted by Gasteiger charge is -2.09. The predicted molar refractivity (Wildman–Crippen MR) is 36.4 cm³/mol. The van der Waals surface area contributed by atoms with Crippen molar-refractivity contribution in [1.29, 1.82) is 0 Å². The molecule has 0 aromatic heterocycles. The minimum Gasteiger partial charge on any atom is -0.420 e. The summed E-state index contributed by atoms with van der Waals surface area (Å²) in [4.78, 5) is 21.4. The monoisotopic (exact) mass is 148 g/mol. The molecule has 1 aliphatic carbocycles. The van der Waals surface area contributed by atoms with Gasteiger partial charge < -0.3 is 4.74 Å². The van der Waals surface area contributed by atoms with Crippen LogP contribution in [0.1, 0.15) is 0 Å². The first-order valence-corrected chi connectivity index (χ1v) is 3.14. The van der Waals surface area contributed by atoms with Crippen LogP contribution in [0.3, 0.4) is 0 Å². The molecular formula is C8H4O3. The lowest BCUT2D eigenvalue weighted by atomic mass is 10.1. The second kappa shape index (κ2) is 1.92. The standard InChI is InChI=1S/C8H4O3/c9-6-4-5-2-1-3-7(5)11-8(6)10/h1-4H. The van der Waals surface area contributed by atoms with E-state index >= 15 is 0 Å². The molecule has 0 bridgehead atoms. The minimum absolute atomic E-state index is 0.467. The second-order valence-electron chi connectivity index (χ2n) is 2.24. The van der Waals surface area contributed by atoms with Gasteiger partial charge in [0.15, 0.2) is 0 Å². The van der Waals surface area contributed by atoms with Crippen molar-refractivity contribution in [2.45, 2.75) is 0 Å². The van der Waals surface area contributed by atoms with Crippen molar-refractivity contribution in [2.24, 2.45) is 0 Å². The Bertz CT molecular complexity index is 331. The number of carbonyl (C=O) groups excluding carboxylic acids is 2. The SMILES string of the molecule is O=C1C=C2C=CC=C2OC1=O. The minimum atomic E-state index is -0.802. The molecule has 1 aliphatic heterocycles. The van der Waals surface area contributed by atoms with Crippen molar-refractivity contribution < 1.29 is 14.3 Å². The van der Waals surface area contributed by atoms with E-state index in [-0.39, 0.29) is 0 Å². The Kier molecular flexibility index (Phi) is 1.06. The lowest BCUT2D eigenvalue weighted by molar-refractivity contribution is -0.149. The van der Waals surface area contributed by atoms with Crippen LogP contribution in [0, 0.1) is 0 Å². The number of rotatable bonds is 0. The van der Waals surface area contributed by atoms with Crippen molar-refractivity contribution in [3.8, 4) is 0 Å². The van der Waals surface area contributed by atoms with E-state index < -0.39 is 11.8 Å². The van der Waals surface area contributed by atoms with Crippen molar-refractivity contribution >= 4 is 11.8 Å². The van der Waals surface area contributed by atoms with Gasteiger partial charge in [-0.3, -0.25) is 4.79 Å². The summed E-state index contributed by atoms with van der Waals surface area (Å²) in [6, 6.07) is 0. The number of ether oxygens (including phenoxy) is 1. The Morgan fingerprint density at radius 2 is 2.09 bits per heavy atom. The highest BCUT2D eigenvalue weighted by atomic mass is 16.5. The average Bonchev–Trinajstić information content (AvgIpc) is 2.36. The van der Waals surface area contributed by atoms with Crippen LogP contribution >= 0.6 is 0 Å². The molecule has 54 valence electrons. The molecule has 0 saturated heterocycles. The maximum atomic E-state index is 10.7. The van der Waals surface area contributed by atoms with Gasteiger partial charge in [-0.15, -0.1) is 0 Å². The van der Waals surface area contributed by atoms with Crippen molar-refractivity contribution in [3.63, 3.8) is 0 Å². The summed E-state index contributed by atoms with van der Waals surface area (Å²) in [6.45, 7) is 0. The smallest absolute Gasteiger partial charge is 0.384 e. The first-order valence-electron chi connectivity index (χ1n) is 3.14. The summed E-state index contributed by atoms with van der Waals surface area (Å²) >= 11 is 0. The van der Waals surface area contributed by atoms with E-state index in [9.17, 15) is 9.59 Å². The number of carbonyl (C=O) groups is 2. The van der Waals surface area contributed by atoms with E-state index in [1.54, 1.807) is 18.2 Å². The quantitative estimate of drug-likeness (QED) is 0.371. The van der Waals surface area contributed by atoms with Gasteiger partial charge in [-0.2, -0.15) is 0 Å². The van der Waals surface area contributed by atoms with Crippen LogP contribution in [0.5, 0.6) is 0 Å². The van der Waals surface area contributed by atoms with Crippen molar-refractivity contribution in [2.75, 3.05) is 0 Å². The molecule has 2 aliphatic rings. The number of hydrogen-bond acceptors (Lipinski definition) is 3. The summed E-state index contributed by atoms with van der Waals surface area (Å²) in [7, 11) is 0. The molecular weight excluding hydrogens is 144 g/mol. The molecule has 0 aromatic carbocycles. The zero-order chi connectivity index (χ0) is 7.84.